The van der Waals surface area contributed by atoms with Gasteiger partial charge in [-0.25, -0.2) is 24.9 Å². The number of nitrogens with two attached hydrogens (primary N) is 2. The Morgan fingerprint density at radius 1 is 0.248 bits per heavy atom. The highest BCUT2D eigenvalue weighted by molar-refractivity contribution is 7.14. The lowest BCUT2D eigenvalue weighted by Gasteiger charge is -2.14. The van der Waals surface area contributed by atoms with Crippen LogP contribution in [-0.4, -0.2) is 171 Å². The number of hydrazone groups is 2. The lowest BCUT2D eigenvalue weighted by atomic mass is 10.1. The molecule has 0 atom stereocenters. The number of aromatic nitrogens is 5. The summed E-state index contributed by atoms with van der Waals surface area (Å²) in [6, 6.07) is 66.7. The fourth-order valence-corrected chi connectivity index (χ4v) is 16.8. The Labute approximate surface area is 764 Å². The van der Waals surface area contributed by atoms with Crippen molar-refractivity contribution in [3.63, 3.8) is 0 Å². The molecule has 0 aliphatic rings. The second-order valence-electron chi connectivity index (χ2n) is 26.3. The minimum absolute atomic E-state index is 0.197. The third kappa shape index (κ3) is 22.6. The van der Waals surface area contributed by atoms with Gasteiger partial charge in [0.15, 0.2) is 57.5 Å². The van der Waals surface area contributed by atoms with Crippen LogP contribution in [0.25, 0.3) is 52.9 Å². The maximum Gasteiger partial charge on any atom is 0.212 e. The van der Waals surface area contributed by atoms with E-state index in [-0.39, 0.29) is 5.78 Å². The summed E-state index contributed by atoms with van der Waals surface area (Å²) in [5, 5.41) is 47.6. The quantitative estimate of drug-likeness (QED) is 0.0107. The van der Waals surface area contributed by atoms with Gasteiger partial charge in [0.1, 0.15) is 76.4 Å². The Balaban J connectivity index is 0.000000156. The predicted octanol–water partition coefficient (Wildman–Crippen LogP) is 19.3. The highest BCUT2D eigenvalue weighted by Crippen LogP contribution is 2.45. The van der Waals surface area contributed by atoms with E-state index in [0.29, 0.717) is 154 Å². The average molecular weight is 1840 g/mol. The van der Waals surface area contributed by atoms with Gasteiger partial charge < -0.3 is 93.2 Å². The van der Waals surface area contributed by atoms with Crippen LogP contribution in [0.15, 0.2) is 260 Å². The number of carbonyl (C=O) groups is 1. The number of nitrogens with zero attached hydrogens (tertiary/aromatic N) is 9. The van der Waals surface area contributed by atoms with Gasteiger partial charge in [0.05, 0.1) is 107 Å². The summed E-state index contributed by atoms with van der Waals surface area (Å²) in [5.41, 5.74) is 12.8. The predicted molar refractivity (Wildman–Crippen MR) is 506 cm³/mol. The molecule has 129 heavy (non-hydrogen) atoms. The van der Waals surface area contributed by atoms with Crippen LogP contribution in [0.4, 0.5) is 0 Å². The van der Waals surface area contributed by atoms with E-state index in [1.54, 1.807) is 109 Å². The molecule has 664 valence electrons. The first-order valence-corrected chi connectivity index (χ1v) is 43.1. The van der Waals surface area contributed by atoms with Gasteiger partial charge in [-0.3, -0.25) is 4.79 Å². The second-order valence-corrected chi connectivity index (χ2v) is 30.6. The summed E-state index contributed by atoms with van der Waals surface area (Å²) in [4.78, 5) is 35.8. The first kappa shape index (κ1) is 94.6. The van der Waals surface area contributed by atoms with Gasteiger partial charge in [-0.1, -0.05) is 162 Å². The van der Waals surface area contributed by atoms with Crippen LogP contribution in [-0.2, 0) is 0 Å². The minimum Gasteiger partial charge on any atom is -0.493 e. The third-order valence-corrected chi connectivity index (χ3v) is 23.4. The Morgan fingerprint density at radius 2 is 0.419 bits per heavy atom. The zero-order chi connectivity index (χ0) is 91.9. The summed E-state index contributed by atoms with van der Waals surface area (Å²) >= 11 is 7.46. The lowest BCUT2D eigenvalue weighted by molar-refractivity contribution is 0.103. The van der Waals surface area contributed by atoms with Gasteiger partial charge >= 0.3 is 0 Å². The van der Waals surface area contributed by atoms with Crippen molar-refractivity contribution in [2.45, 2.75) is 0 Å². The average Bonchev–Trinajstić information content (AvgIpc) is 1.80. The molecule has 0 saturated carbocycles. The van der Waals surface area contributed by atoms with Crippen molar-refractivity contribution in [2.75, 3.05) is 107 Å². The summed E-state index contributed by atoms with van der Waals surface area (Å²) in [5.74, 6) is 18.5. The molecule has 29 nitrogen and oxygen atoms in total. The molecule has 0 unspecified atom stereocenters. The van der Waals surface area contributed by atoms with E-state index in [1.807, 2.05) is 173 Å². The molecule has 0 radical (unpaired) electrons. The largest absolute Gasteiger partial charge is 0.493 e. The molecule has 5 aromatic heterocycles. The number of ketones is 1. The van der Waals surface area contributed by atoms with Gasteiger partial charge in [0, 0.05) is 82.5 Å². The molecule has 6 N–H and O–H groups in total. The van der Waals surface area contributed by atoms with Crippen molar-refractivity contribution in [1.29, 1.82) is 0 Å². The van der Waals surface area contributed by atoms with Crippen molar-refractivity contribution in [2.24, 2.45) is 32.2 Å². The highest BCUT2D eigenvalue weighted by atomic mass is 32.1. The molecule has 15 rings (SSSR count). The van der Waals surface area contributed by atoms with Crippen molar-refractivity contribution in [3.05, 3.63) is 296 Å². The molecule has 0 saturated heterocycles. The molecular formula is C95H91N11O18S5. The van der Waals surface area contributed by atoms with Crippen LogP contribution in [0.1, 0.15) is 61.1 Å². The number of hydrogen-bond acceptors (Lipinski definition) is 34. The highest BCUT2D eigenvalue weighted by Gasteiger charge is 2.27. The van der Waals surface area contributed by atoms with Crippen LogP contribution < -0.4 is 82.7 Å². The number of hydrogen-bond donors (Lipinski definition) is 4. The maximum absolute atomic E-state index is 12.8. The van der Waals surface area contributed by atoms with E-state index in [0.717, 1.165) is 64.0 Å². The summed E-state index contributed by atoms with van der Waals surface area (Å²) in [6.07, 6.45) is 0. The first-order chi connectivity index (χ1) is 63.0. The van der Waals surface area contributed by atoms with Gasteiger partial charge in [-0.2, -0.15) is 10.2 Å². The molecular weight excluding hydrogens is 1740 g/mol. The third-order valence-electron chi connectivity index (χ3n) is 19.0. The standard InChI is InChI=1S/2C19H19N3O3S.2C19H18N2O4S.C19H17NO4S/c2*1-23-15-9-13(10-16(24-2)18(15)25-3)17(22-20)14-11-26-19(21-14)12-7-5-4-6-8-12;2*1-23-15-9-13(10-16(24-2)18(15)25-3)17(21-22)14-11-26-19(20-14)12-7-5-4-6-8-12;1-22-15-9-13(10-16(23-2)18(15)24-3)17(21)14-11-25-19(20-14)12-7-5-4-6-8-12/h2*4-11H,20H2,1-3H3;2*4-11,22H,1-3H3;4-11H,1-3H3/b22-17+;22-17-;21-17+;21-17-;. The van der Waals surface area contributed by atoms with Crippen molar-refractivity contribution in [3.8, 4) is 139 Å². The fraction of sp³-hybridized carbons (Fsp3) is 0.158. The molecule has 34 heteroatoms. The zero-order valence-electron chi connectivity index (χ0n) is 72.7. The molecule has 5 heterocycles. The van der Waals surface area contributed by atoms with E-state index < -0.39 is 0 Å². The van der Waals surface area contributed by atoms with Crippen LogP contribution >= 0.6 is 56.7 Å². The lowest BCUT2D eigenvalue weighted by Crippen LogP contribution is -2.08. The number of ether oxygens (including phenoxy) is 15. The number of thiazole rings is 5. The van der Waals surface area contributed by atoms with Crippen LogP contribution in [0.3, 0.4) is 0 Å². The molecule has 0 aliphatic carbocycles. The summed E-state index contributed by atoms with van der Waals surface area (Å²) < 4.78 is 80.4. The number of rotatable bonds is 30. The SMILES string of the molecule is COc1cc(/C(=N/N)c2csc(-c3ccccc3)n2)cc(OC)c1OC.COc1cc(/C(=N/O)c2csc(-c3ccccc3)n2)cc(OC)c1OC.COc1cc(/C(=N\N)c2csc(-c3ccccc3)n2)cc(OC)c1OC.COc1cc(/C(=N\O)c2csc(-c3ccccc3)n2)cc(OC)c1OC.COc1cc(C(=O)c2csc(-c3ccccc3)n2)cc(OC)c1OC. The van der Waals surface area contributed by atoms with E-state index in [1.165, 1.54) is 121 Å². The van der Waals surface area contributed by atoms with Gasteiger partial charge in [-0.05, 0) is 60.7 Å². The molecule has 0 spiro atoms. The smallest absolute Gasteiger partial charge is 0.212 e. The molecule has 10 aromatic carbocycles. The van der Waals surface area contributed by atoms with Crippen molar-refractivity contribution < 1.29 is 86.3 Å². The topological polar surface area (TPSA) is 362 Å². The minimum atomic E-state index is -0.197. The van der Waals surface area contributed by atoms with Crippen molar-refractivity contribution in [1.82, 2.24) is 24.9 Å². The summed E-state index contributed by atoms with van der Waals surface area (Å²) in [6.45, 7) is 0. The van der Waals surface area contributed by atoms with Crippen LogP contribution in [0.2, 0.25) is 0 Å². The molecule has 0 bridgehead atoms. The van der Waals surface area contributed by atoms with Crippen LogP contribution in [0, 0.1) is 0 Å². The Hall–Kier alpha value is -15.1. The second kappa shape index (κ2) is 46.7. The van der Waals surface area contributed by atoms with E-state index in [9.17, 15) is 15.2 Å². The monoisotopic (exact) mass is 1830 g/mol. The number of oxime groups is 2. The number of methoxy groups -OCH3 is 15. The number of benzene rings is 10. The molecule has 15 aromatic rings. The summed E-state index contributed by atoms with van der Waals surface area (Å²) in [7, 11) is 23.1. The molecule has 0 aliphatic heterocycles. The molecule has 0 fully saturated rings. The Morgan fingerprint density at radius 3 is 0.597 bits per heavy atom. The van der Waals surface area contributed by atoms with Crippen molar-refractivity contribution >= 4 is 85.3 Å². The van der Waals surface area contributed by atoms with Crippen LogP contribution in [0.5, 0.6) is 86.2 Å². The Bertz CT molecular complexity index is 5610. The Kier molecular flexibility index (Phi) is 34.3. The number of carbonyl (C=O) groups excluding carboxylic acids is 1. The first-order valence-electron chi connectivity index (χ1n) is 38.7. The van der Waals surface area contributed by atoms with Gasteiger partial charge in [0.2, 0.25) is 34.5 Å². The molecule has 0 amide bonds. The maximum atomic E-state index is 12.8. The van der Waals surface area contributed by atoms with Gasteiger partial charge in [0.25, 0.3) is 0 Å². The zero-order valence-corrected chi connectivity index (χ0v) is 76.8. The van der Waals surface area contributed by atoms with Gasteiger partial charge in [-0.15, -0.1) is 56.7 Å². The van der Waals surface area contributed by atoms with E-state index in [4.69, 9.17) is 82.7 Å². The normalized spacial score (nSPS) is 11.1. The fourth-order valence-electron chi connectivity index (χ4n) is 12.8. The van der Waals surface area contributed by atoms with E-state index >= 15 is 0 Å². The van der Waals surface area contributed by atoms with E-state index in [2.05, 4.69) is 45.4 Å².